The molecule has 0 saturated carbocycles. The zero-order chi connectivity index (χ0) is 18.6. The number of anilines is 1. The second kappa shape index (κ2) is 13.3. The van der Waals surface area contributed by atoms with Crippen molar-refractivity contribution in [3.8, 4) is 5.75 Å². The topological polar surface area (TPSA) is 78.1 Å². The number of methoxy groups -OCH3 is 1. The highest BCUT2D eigenvalue weighted by molar-refractivity contribution is 14.0. The third kappa shape index (κ3) is 9.07. The predicted molar refractivity (Wildman–Crippen MR) is 120 cm³/mol. The number of halogens is 1. The standard InChI is InChI=1S/C20H27N3O3.HI/c1-3-25-10-11-26-15-17-7-4-6-16(12-17)14-22-20(21)23-18-8-5-9-19(13-18)24-2;/h4-9,12-13H,3,10-11,14-15H2,1-2H3,(H3,21,22,23);1H. The summed E-state index contributed by atoms with van der Waals surface area (Å²) in [6, 6.07) is 15.7. The highest BCUT2D eigenvalue weighted by Crippen LogP contribution is 2.16. The molecule has 0 bridgehead atoms. The smallest absolute Gasteiger partial charge is 0.193 e. The van der Waals surface area contributed by atoms with Gasteiger partial charge in [-0.1, -0.05) is 30.3 Å². The van der Waals surface area contributed by atoms with E-state index in [9.17, 15) is 0 Å². The number of hydrogen-bond donors (Lipinski definition) is 2. The van der Waals surface area contributed by atoms with Crippen LogP contribution in [0.3, 0.4) is 0 Å². The molecule has 0 aromatic heterocycles. The van der Waals surface area contributed by atoms with Crippen LogP contribution in [-0.2, 0) is 22.6 Å². The molecule has 2 rings (SSSR count). The first-order chi connectivity index (χ1) is 12.7. The molecule has 0 heterocycles. The molecule has 2 aromatic rings. The van der Waals surface area contributed by atoms with Gasteiger partial charge in [-0.3, -0.25) is 0 Å². The van der Waals surface area contributed by atoms with Crippen LogP contribution >= 0.6 is 24.0 Å². The summed E-state index contributed by atoms with van der Waals surface area (Å²) >= 11 is 0. The Morgan fingerprint density at radius 2 is 1.78 bits per heavy atom. The van der Waals surface area contributed by atoms with Crippen molar-refractivity contribution in [2.24, 2.45) is 10.7 Å². The molecule has 0 aliphatic heterocycles. The second-order valence-corrected chi connectivity index (χ2v) is 5.63. The van der Waals surface area contributed by atoms with Crippen molar-refractivity contribution in [2.45, 2.75) is 20.1 Å². The summed E-state index contributed by atoms with van der Waals surface area (Å²) in [4.78, 5) is 4.39. The number of hydrogen-bond acceptors (Lipinski definition) is 4. The average Bonchev–Trinajstić information content (AvgIpc) is 2.67. The summed E-state index contributed by atoms with van der Waals surface area (Å²) in [5.74, 6) is 1.12. The molecule has 0 saturated heterocycles. The van der Waals surface area contributed by atoms with E-state index in [0.29, 0.717) is 38.9 Å². The van der Waals surface area contributed by atoms with Gasteiger partial charge in [0.05, 0.1) is 33.5 Å². The van der Waals surface area contributed by atoms with Gasteiger partial charge in [-0.2, -0.15) is 0 Å². The van der Waals surface area contributed by atoms with E-state index in [-0.39, 0.29) is 24.0 Å². The van der Waals surface area contributed by atoms with Crippen molar-refractivity contribution in [1.29, 1.82) is 0 Å². The molecule has 0 amide bonds. The molecule has 148 valence electrons. The molecular weight excluding hydrogens is 457 g/mol. The number of nitrogens with one attached hydrogen (secondary N) is 1. The lowest BCUT2D eigenvalue weighted by molar-refractivity contribution is 0.0453. The summed E-state index contributed by atoms with van der Waals surface area (Å²) in [5.41, 5.74) is 8.98. The van der Waals surface area contributed by atoms with Crippen LogP contribution in [0.5, 0.6) is 5.75 Å². The molecule has 0 aliphatic carbocycles. The summed E-state index contributed by atoms with van der Waals surface area (Å²) in [6.07, 6.45) is 0. The van der Waals surface area contributed by atoms with Crippen molar-refractivity contribution in [3.05, 3.63) is 59.7 Å². The third-order valence-corrected chi connectivity index (χ3v) is 3.61. The van der Waals surface area contributed by atoms with Crippen molar-refractivity contribution >= 4 is 35.6 Å². The van der Waals surface area contributed by atoms with Crippen molar-refractivity contribution in [3.63, 3.8) is 0 Å². The first kappa shape index (κ1) is 23.2. The van der Waals surface area contributed by atoms with Crippen LogP contribution in [0.25, 0.3) is 0 Å². The number of nitrogens with zero attached hydrogens (tertiary/aromatic N) is 1. The summed E-state index contributed by atoms with van der Waals surface area (Å²) < 4.78 is 16.0. The van der Waals surface area contributed by atoms with E-state index in [1.165, 1.54) is 0 Å². The van der Waals surface area contributed by atoms with Gasteiger partial charge in [0.15, 0.2) is 5.96 Å². The zero-order valence-corrected chi connectivity index (χ0v) is 18.1. The number of benzene rings is 2. The third-order valence-electron chi connectivity index (χ3n) is 3.61. The summed E-state index contributed by atoms with van der Waals surface area (Å²) in [7, 11) is 1.63. The van der Waals surface area contributed by atoms with Gasteiger partial charge in [0, 0.05) is 18.4 Å². The lowest BCUT2D eigenvalue weighted by atomic mass is 10.1. The Morgan fingerprint density at radius 3 is 2.56 bits per heavy atom. The molecule has 3 N–H and O–H groups in total. The van der Waals surface area contributed by atoms with E-state index in [4.69, 9.17) is 19.9 Å². The van der Waals surface area contributed by atoms with Crippen LogP contribution in [0.2, 0.25) is 0 Å². The lowest BCUT2D eigenvalue weighted by Gasteiger charge is -2.08. The Kier molecular flexibility index (Phi) is 11.5. The molecule has 0 aliphatic rings. The van der Waals surface area contributed by atoms with Crippen molar-refractivity contribution < 1.29 is 14.2 Å². The van der Waals surface area contributed by atoms with Crippen LogP contribution in [-0.4, -0.2) is 32.9 Å². The van der Waals surface area contributed by atoms with Crippen LogP contribution in [0.1, 0.15) is 18.1 Å². The van der Waals surface area contributed by atoms with Crippen LogP contribution in [0, 0.1) is 0 Å². The van der Waals surface area contributed by atoms with E-state index in [2.05, 4.69) is 16.4 Å². The maximum atomic E-state index is 5.97. The van der Waals surface area contributed by atoms with Crippen LogP contribution in [0.4, 0.5) is 5.69 Å². The zero-order valence-electron chi connectivity index (χ0n) is 15.8. The predicted octanol–water partition coefficient (Wildman–Crippen LogP) is 3.79. The Morgan fingerprint density at radius 1 is 1.04 bits per heavy atom. The van der Waals surface area contributed by atoms with E-state index < -0.39 is 0 Å². The van der Waals surface area contributed by atoms with Gasteiger partial charge in [-0.15, -0.1) is 24.0 Å². The highest BCUT2D eigenvalue weighted by atomic mass is 127. The summed E-state index contributed by atoms with van der Waals surface area (Å²) in [6.45, 7) is 4.94. The molecule has 0 fully saturated rings. The Hall–Kier alpha value is -1.84. The fourth-order valence-electron chi connectivity index (χ4n) is 2.33. The molecule has 27 heavy (non-hydrogen) atoms. The van der Waals surface area contributed by atoms with E-state index in [1.807, 2.05) is 49.4 Å². The van der Waals surface area contributed by atoms with Gasteiger partial charge in [-0.05, 0) is 30.2 Å². The molecule has 0 spiro atoms. The maximum Gasteiger partial charge on any atom is 0.193 e. The monoisotopic (exact) mass is 485 g/mol. The van der Waals surface area contributed by atoms with Gasteiger partial charge in [-0.25, -0.2) is 4.99 Å². The molecule has 0 atom stereocenters. The Labute approximate surface area is 178 Å². The lowest BCUT2D eigenvalue weighted by Crippen LogP contribution is -2.22. The molecule has 2 aromatic carbocycles. The molecule has 7 heteroatoms. The molecule has 0 radical (unpaired) electrons. The van der Waals surface area contributed by atoms with Gasteiger partial charge in [0.25, 0.3) is 0 Å². The normalized spacial score (nSPS) is 11.0. The minimum atomic E-state index is 0. The quantitative estimate of drug-likeness (QED) is 0.232. The molecular formula is C20H28IN3O3. The largest absolute Gasteiger partial charge is 0.497 e. The number of rotatable bonds is 10. The van der Waals surface area contributed by atoms with Crippen LogP contribution < -0.4 is 15.8 Å². The number of nitrogens with two attached hydrogens (primary N) is 1. The second-order valence-electron chi connectivity index (χ2n) is 5.63. The molecule has 6 nitrogen and oxygen atoms in total. The highest BCUT2D eigenvalue weighted by Gasteiger charge is 2.00. The van der Waals surface area contributed by atoms with Crippen molar-refractivity contribution in [1.82, 2.24) is 0 Å². The fraction of sp³-hybridized carbons (Fsp3) is 0.350. The Bertz CT molecular complexity index is 710. The van der Waals surface area contributed by atoms with E-state index in [0.717, 1.165) is 22.6 Å². The minimum absolute atomic E-state index is 0. The SMILES string of the molecule is CCOCCOCc1cccc(CN=C(N)Nc2cccc(OC)c2)c1.I. The van der Waals surface area contributed by atoms with E-state index >= 15 is 0 Å². The van der Waals surface area contributed by atoms with Gasteiger partial charge in [0.2, 0.25) is 0 Å². The first-order valence-electron chi connectivity index (χ1n) is 8.65. The first-order valence-corrected chi connectivity index (χ1v) is 8.65. The van der Waals surface area contributed by atoms with Crippen molar-refractivity contribution in [2.75, 3.05) is 32.2 Å². The Balaban J connectivity index is 0.00000364. The number of guanidine groups is 1. The van der Waals surface area contributed by atoms with Gasteiger partial charge < -0.3 is 25.3 Å². The minimum Gasteiger partial charge on any atom is -0.497 e. The van der Waals surface area contributed by atoms with Crippen LogP contribution in [0.15, 0.2) is 53.5 Å². The fourth-order valence-corrected chi connectivity index (χ4v) is 2.33. The molecule has 0 unspecified atom stereocenters. The van der Waals surface area contributed by atoms with Gasteiger partial charge >= 0.3 is 0 Å². The number of ether oxygens (including phenoxy) is 3. The number of aliphatic imine (C=N–C) groups is 1. The van der Waals surface area contributed by atoms with Gasteiger partial charge in [0.1, 0.15) is 5.75 Å². The summed E-state index contributed by atoms with van der Waals surface area (Å²) in [5, 5.41) is 3.06. The van der Waals surface area contributed by atoms with E-state index in [1.54, 1.807) is 7.11 Å². The average molecular weight is 485 g/mol. The maximum absolute atomic E-state index is 5.97.